The lowest BCUT2D eigenvalue weighted by atomic mass is 10.2. The predicted molar refractivity (Wildman–Crippen MR) is 53.7 cm³/mol. The summed E-state index contributed by atoms with van der Waals surface area (Å²) in [7, 11) is 0. The number of nitrogens with two attached hydrogens (primary N) is 1. The van der Waals surface area contributed by atoms with Gasteiger partial charge in [0, 0.05) is 5.56 Å². The first kappa shape index (κ1) is 10.7. The van der Waals surface area contributed by atoms with E-state index in [4.69, 9.17) is 15.4 Å². The Balaban J connectivity index is 2.28. The van der Waals surface area contributed by atoms with E-state index in [2.05, 4.69) is 10.1 Å². The van der Waals surface area contributed by atoms with Crippen molar-refractivity contribution < 1.29 is 14.0 Å². The molecule has 0 aliphatic rings. The molecule has 1 aromatic heterocycles. The third kappa shape index (κ3) is 2.07. The average molecular weight is 223 g/mol. The van der Waals surface area contributed by atoms with Crippen molar-refractivity contribution in [1.29, 1.82) is 0 Å². The molecule has 84 valence electrons. The first-order valence-electron chi connectivity index (χ1n) is 4.66. The first-order chi connectivity index (χ1) is 7.70. The van der Waals surface area contributed by atoms with Gasteiger partial charge in [-0.05, 0) is 24.3 Å². The zero-order valence-electron chi connectivity index (χ0n) is 8.30. The van der Waals surface area contributed by atoms with Crippen molar-refractivity contribution in [3.05, 3.63) is 36.0 Å². The Morgan fingerprint density at radius 3 is 2.69 bits per heavy atom. The van der Waals surface area contributed by atoms with Crippen LogP contribution in [0.15, 0.2) is 28.8 Å². The molecule has 0 aliphatic heterocycles. The summed E-state index contributed by atoms with van der Waals surface area (Å²) in [5.41, 5.74) is 6.13. The molecule has 1 heterocycles. The SMILES string of the molecule is NC(CO)c1nc(-c2ccc(F)cc2)no1. The summed E-state index contributed by atoms with van der Waals surface area (Å²) >= 11 is 0. The summed E-state index contributed by atoms with van der Waals surface area (Å²) in [5.74, 6) is 0.139. The van der Waals surface area contributed by atoms with Crippen molar-refractivity contribution in [1.82, 2.24) is 10.1 Å². The van der Waals surface area contributed by atoms with Crippen molar-refractivity contribution in [2.45, 2.75) is 6.04 Å². The lowest BCUT2D eigenvalue weighted by Gasteiger charge is -1.98. The van der Waals surface area contributed by atoms with E-state index in [1.54, 1.807) is 0 Å². The molecule has 0 amide bonds. The smallest absolute Gasteiger partial charge is 0.246 e. The standard InChI is InChI=1S/C10H10FN3O2/c11-7-3-1-6(2-4-7)9-13-10(16-14-9)8(12)5-15/h1-4,8,15H,5,12H2. The Bertz CT molecular complexity index is 469. The molecule has 16 heavy (non-hydrogen) atoms. The van der Waals surface area contributed by atoms with Crippen molar-refractivity contribution in [2.75, 3.05) is 6.61 Å². The van der Waals surface area contributed by atoms with E-state index >= 15 is 0 Å². The number of rotatable bonds is 3. The molecular formula is C10H10FN3O2. The molecule has 0 radical (unpaired) electrons. The number of aromatic nitrogens is 2. The van der Waals surface area contributed by atoms with E-state index in [1.165, 1.54) is 24.3 Å². The molecule has 1 unspecified atom stereocenters. The van der Waals surface area contributed by atoms with Crippen LogP contribution in [0.1, 0.15) is 11.9 Å². The Morgan fingerprint density at radius 1 is 1.38 bits per heavy atom. The van der Waals surface area contributed by atoms with Gasteiger partial charge in [0.25, 0.3) is 0 Å². The molecule has 1 aromatic carbocycles. The molecule has 0 aliphatic carbocycles. The summed E-state index contributed by atoms with van der Waals surface area (Å²) < 4.78 is 17.5. The molecule has 2 rings (SSSR count). The Kier molecular flexibility index (Phi) is 2.93. The maximum atomic E-state index is 12.7. The summed E-state index contributed by atoms with van der Waals surface area (Å²) in [6.45, 7) is -0.273. The summed E-state index contributed by atoms with van der Waals surface area (Å²) in [4.78, 5) is 4.00. The van der Waals surface area contributed by atoms with Crippen molar-refractivity contribution in [3.63, 3.8) is 0 Å². The van der Waals surface area contributed by atoms with Crippen LogP contribution in [0.5, 0.6) is 0 Å². The van der Waals surface area contributed by atoms with E-state index in [1.807, 2.05) is 0 Å². The van der Waals surface area contributed by atoms with Crippen LogP contribution in [-0.2, 0) is 0 Å². The molecule has 0 saturated carbocycles. The van der Waals surface area contributed by atoms with E-state index in [0.717, 1.165) is 0 Å². The minimum atomic E-state index is -0.693. The summed E-state index contributed by atoms with van der Waals surface area (Å²) in [6, 6.07) is 4.99. The number of aliphatic hydroxyl groups excluding tert-OH is 1. The van der Waals surface area contributed by atoms with Gasteiger partial charge in [0.2, 0.25) is 11.7 Å². The number of benzene rings is 1. The number of hydrogen-bond donors (Lipinski definition) is 2. The second-order valence-corrected chi connectivity index (χ2v) is 3.25. The van der Waals surface area contributed by atoms with Crippen LogP contribution < -0.4 is 5.73 Å². The highest BCUT2D eigenvalue weighted by Crippen LogP contribution is 2.17. The molecule has 0 fully saturated rings. The maximum Gasteiger partial charge on any atom is 0.246 e. The fourth-order valence-corrected chi connectivity index (χ4v) is 1.18. The van der Waals surface area contributed by atoms with Crippen molar-refractivity contribution in [3.8, 4) is 11.4 Å². The molecule has 0 spiro atoms. The van der Waals surface area contributed by atoms with Gasteiger partial charge in [0.15, 0.2) is 0 Å². The highest BCUT2D eigenvalue weighted by Gasteiger charge is 2.14. The van der Waals surface area contributed by atoms with E-state index in [-0.39, 0.29) is 18.3 Å². The minimum Gasteiger partial charge on any atom is -0.394 e. The van der Waals surface area contributed by atoms with Gasteiger partial charge in [-0.3, -0.25) is 0 Å². The Labute approximate surface area is 90.7 Å². The fraction of sp³-hybridized carbons (Fsp3) is 0.200. The highest BCUT2D eigenvalue weighted by molar-refractivity contribution is 5.53. The van der Waals surface area contributed by atoms with Crippen LogP contribution >= 0.6 is 0 Å². The average Bonchev–Trinajstić information content (AvgIpc) is 2.78. The largest absolute Gasteiger partial charge is 0.394 e. The monoisotopic (exact) mass is 223 g/mol. The highest BCUT2D eigenvalue weighted by atomic mass is 19.1. The molecule has 3 N–H and O–H groups in total. The zero-order chi connectivity index (χ0) is 11.5. The van der Waals surface area contributed by atoms with E-state index < -0.39 is 6.04 Å². The molecule has 0 bridgehead atoms. The van der Waals surface area contributed by atoms with Gasteiger partial charge in [-0.25, -0.2) is 4.39 Å². The zero-order valence-corrected chi connectivity index (χ0v) is 8.30. The first-order valence-corrected chi connectivity index (χ1v) is 4.66. The predicted octanol–water partition coefficient (Wildman–Crippen LogP) is 0.868. The minimum absolute atomic E-state index is 0.154. The van der Waals surface area contributed by atoms with Gasteiger partial charge in [-0.2, -0.15) is 4.98 Å². The van der Waals surface area contributed by atoms with Gasteiger partial charge in [-0.15, -0.1) is 0 Å². The summed E-state index contributed by atoms with van der Waals surface area (Å²) in [6.07, 6.45) is 0. The maximum absolute atomic E-state index is 12.7. The van der Waals surface area contributed by atoms with E-state index in [0.29, 0.717) is 11.4 Å². The van der Waals surface area contributed by atoms with Gasteiger partial charge in [0.1, 0.15) is 11.9 Å². The van der Waals surface area contributed by atoms with Gasteiger partial charge in [0.05, 0.1) is 6.61 Å². The second kappa shape index (κ2) is 4.38. The molecule has 1 atom stereocenters. The van der Waals surface area contributed by atoms with Crippen LogP contribution in [-0.4, -0.2) is 21.9 Å². The summed E-state index contributed by atoms with van der Waals surface area (Å²) in [5, 5.41) is 12.5. The number of nitrogens with zero attached hydrogens (tertiary/aromatic N) is 2. The van der Waals surface area contributed by atoms with Crippen molar-refractivity contribution >= 4 is 0 Å². The number of halogens is 1. The van der Waals surface area contributed by atoms with Gasteiger partial charge >= 0.3 is 0 Å². The third-order valence-corrected chi connectivity index (χ3v) is 2.06. The van der Waals surface area contributed by atoms with Crippen LogP contribution in [0.4, 0.5) is 4.39 Å². The van der Waals surface area contributed by atoms with E-state index in [9.17, 15) is 4.39 Å². The van der Waals surface area contributed by atoms with Crippen LogP contribution in [0.2, 0.25) is 0 Å². The fourth-order valence-electron chi connectivity index (χ4n) is 1.18. The Hall–Kier alpha value is -1.79. The lowest BCUT2D eigenvalue weighted by Crippen LogP contribution is -2.14. The normalized spacial score (nSPS) is 12.7. The topological polar surface area (TPSA) is 85.2 Å². The van der Waals surface area contributed by atoms with Gasteiger partial charge in [-0.1, -0.05) is 5.16 Å². The van der Waals surface area contributed by atoms with Gasteiger partial charge < -0.3 is 15.4 Å². The van der Waals surface area contributed by atoms with Crippen molar-refractivity contribution in [2.24, 2.45) is 5.73 Å². The number of aliphatic hydroxyl groups is 1. The molecular weight excluding hydrogens is 213 g/mol. The van der Waals surface area contributed by atoms with Crippen LogP contribution in [0.3, 0.4) is 0 Å². The third-order valence-electron chi connectivity index (χ3n) is 2.06. The molecule has 0 saturated heterocycles. The molecule has 5 nitrogen and oxygen atoms in total. The van der Waals surface area contributed by atoms with Crippen LogP contribution in [0, 0.1) is 5.82 Å². The molecule has 6 heteroatoms. The second-order valence-electron chi connectivity index (χ2n) is 3.25. The quantitative estimate of drug-likeness (QED) is 0.806. The molecule has 2 aromatic rings. The lowest BCUT2D eigenvalue weighted by molar-refractivity contribution is 0.237. The number of hydrogen-bond acceptors (Lipinski definition) is 5. The van der Waals surface area contributed by atoms with Crippen LogP contribution in [0.25, 0.3) is 11.4 Å². The Morgan fingerprint density at radius 2 is 2.06 bits per heavy atom.